The number of rotatable bonds is 4. The number of allylic oxidation sites excluding steroid dienone is 2. The minimum atomic E-state index is -0.727. The lowest BCUT2D eigenvalue weighted by Gasteiger charge is -2.41. The molecule has 9 heteroatoms. The average Bonchev–Trinajstić information content (AvgIpc) is 2.92. The normalized spacial score (nSPS) is 18.9. The van der Waals surface area contributed by atoms with Crippen LogP contribution in [-0.4, -0.2) is 10.6 Å². The number of nitrogens with zero attached hydrogens (tertiary/aromatic N) is 5. The predicted octanol–water partition coefficient (Wildman–Crippen LogP) is 4.80. The third kappa shape index (κ3) is 3.71. The van der Waals surface area contributed by atoms with Gasteiger partial charge in [-0.15, -0.1) is 0 Å². The van der Waals surface area contributed by atoms with Crippen molar-refractivity contribution in [3.8, 4) is 12.1 Å². The summed E-state index contributed by atoms with van der Waals surface area (Å²) in [6, 6.07) is 28.5. The molecule has 0 saturated carbocycles. The Morgan fingerprint density at radius 2 is 1.56 bits per heavy atom. The van der Waals surface area contributed by atoms with E-state index in [1.54, 1.807) is 17.1 Å². The van der Waals surface area contributed by atoms with Crippen LogP contribution in [0, 0.1) is 32.8 Å². The van der Waals surface area contributed by atoms with Gasteiger partial charge >= 0.3 is 0 Å². The highest BCUT2D eigenvalue weighted by atomic mass is 16.6. The van der Waals surface area contributed by atoms with Crippen molar-refractivity contribution in [1.82, 2.24) is 0 Å². The molecule has 2 atom stereocenters. The van der Waals surface area contributed by atoms with Gasteiger partial charge in [-0.3, -0.25) is 15.1 Å². The zero-order valence-electron chi connectivity index (χ0n) is 18.8. The molecule has 0 aliphatic carbocycles. The van der Waals surface area contributed by atoms with Crippen molar-refractivity contribution in [2.45, 2.75) is 12.0 Å². The van der Waals surface area contributed by atoms with Crippen LogP contribution in [0.3, 0.4) is 0 Å². The third-order valence-corrected chi connectivity index (χ3v) is 6.10. The maximum Gasteiger partial charge on any atom is 0.269 e. The van der Waals surface area contributed by atoms with Crippen LogP contribution < -0.4 is 10.7 Å². The fourth-order valence-corrected chi connectivity index (χ4v) is 4.53. The molecule has 0 saturated heterocycles. The molecule has 2 aliphatic heterocycles. The smallest absolute Gasteiger partial charge is 0.269 e. The second-order valence-electron chi connectivity index (χ2n) is 8.11. The lowest BCUT2D eigenvalue weighted by Crippen LogP contribution is -2.38. The van der Waals surface area contributed by atoms with Crippen LogP contribution >= 0.6 is 0 Å². The van der Waals surface area contributed by atoms with Crippen molar-refractivity contribution < 1.29 is 9.66 Å². The number of para-hydroxylation sites is 1. The van der Waals surface area contributed by atoms with E-state index in [-0.39, 0.29) is 28.6 Å². The van der Waals surface area contributed by atoms with Gasteiger partial charge in [-0.2, -0.15) is 15.6 Å². The summed E-state index contributed by atoms with van der Waals surface area (Å²) >= 11 is 0. The molecule has 36 heavy (non-hydrogen) atoms. The Balaban J connectivity index is 1.79. The van der Waals surface area contributed by atoms with Crippen molar-refractivity contribution in [1.29, 1.82) is 10.5 Å². The van der Waals surface area contributed by atoms with Gasteiger partial charge in [0, 0.05) is 17.7 Å². The van der Waals surface area contributed by atoms with E-state index in [2.05, 4.69) is 17.2 Å². The molecular formula is C27H18N6O3. The van der Waals surface area contributed by atoms with Crippen molar-refractivity contribution in [2.75, 3.05) is 5.01 Å². The number of hydrogen-bond donors (Lipinski definition) is 1. The maximum absolute atomic E-state index is 11.2. The standard InChI is InChI=1S/C27H18N6O3/c28-15-21-23(17-11-13-20(14-12-17)33(34)35)24-25(18-7-3-1-4-8-18)32(19-9-5-2-6-10-19)31-22(16-29)26(24)36-27(21)30/h1-14,23,25H,30H2. The molecule has 0 radical (unpaired) electrons. The van der Waals surface area contributed by atoms with Gasteiger partial charge in [-0.1, -0.05) is 60.7 Å². The first-order valence-electron chi connectivity index (χ1n) is 11.0. The molecule has 3 aromatic carbocycles. The molecule has 2 aliphatic rings. The molecule has 0 bridgehead atoms. The molecule has 3 aromatic rings. The van der Waals surface area contributed by atoms with E-state index < -0.39 is 16.9 Å². The zero-order valence-corrected chi connectivity index (χ0v) is 18.8. The SMILES string of the molecule is N#CC1=NN(c2ccccc2)C(c2ccccc2)C2=C1OC(N)=C(C#N)C2c1ccc([N+](=O)[O-])cc1. The van der Waals surface area contributed by atoms with Crippen molar-refractivity contribution in [3.63, 3.8) is 0 Å². The highest BCUT2D eigenvalue weighted by Gasteiger charge is 2.44. The fraction of sp³-hybridized carbons (Fsp3) is 0.0741. The highest BCUT2D eigenvalue weighted by molar-refractivity contribution is 6.12. The number of nitro benzene ring substituents is 1. The summed E-state index contributed by atoms with van der Waals surface area (Å²) in [5.74, 6) is -0.685. The summed E-state index contributed by atoms with van der Waals surface area (Å²) < 4.78 is 5.87. The molecule has 0 fully saturated rings. The van der Waals surface area contributed by atoms with Crippen LogP contribution in [0.25, 0.3) is 0 Å². The minimum absolute atomic E-state index is 0.00730. The molecule has 2 unspecified atom stereocenters. The van der Waals surface area contributed by atoms with E-state index in [1.807, 2.05) is 60.7 Å². The monoisotopic (exact) mass is 474 g/mol. The molecule has 2 N–H and O–H groups in total. The Hall–Kier alpha value is -5.41. The topological polar surface area (TPSA) is 142 Å². The van der Waals surface area contributed by atoms with Gasteiger partial charge in [0.1, 0.15) is 23.8 Å². The Morgan fingerprint density at radius 1 is 0.917 bits per heavy atom. The number of nitriles is 2. The zero-order chi connectivity index (χ0) is 25.2. The van der Waals surface area contributed by atoms with Crippen molar-refractivity contribution >= 4 is 17.1 Å². The summed E-state index contributed by atoms with van der Waals surface area (Å²) in [5.41, 5.74) is 9.02. The summed E-state index contributed by atoms with van der Waals surface area (Å²) in [6.07, 6.45) is 0. The Bertz CT molecular complexity index is 1510. The number of hydrogen-bond acceptors (Lipinski definition) is 8. The largest absolute Gasteiger partial charge is 0.437 e. The first kappa shape index (κ1) is 22.4. The van der Waals surface area contributed by atoms with Gasteiger partial charge < -0.3 is 10.5 Å². The third-order valence-electron chi connectivity index (χ3n) is 6.10. The van der Waals surface area contributed by atoms with Gasteiger partial charge in [0.15, 0.2) is 5.76 Å². The van der Waals surface area contributed by atoms with E-state index in [0.29, 0.717) is 11.1 Å². The van der Waals surface area contributed by atoms with E-state index in [1.165, 1.54) is 12.1 Å². The Labute approximate surface area is 206 Å². The number of benzene rings is 3. The lowest BCUT2D eigenvalue weighted by atomic mass is 9.76. The van der Waals surface area contributed by atoms with E-state index in [9.17, 15) is 20.6 Å². The van der Waals surface area contributed by atoms with E-state index in [0.717, 1.165) is 11.3 Å². The summed E-state index contributed by atoms with van der Waals surface area (Å²) in [4.78, 5) is 10.8. The number of anilines is 1. The predicted molar refractivity (Wildman–Crippen MR) is 132 cm³/mol. The number of hydrazone groups is 1. The second-order valence-corrected chi connectivity index (χ2v) is 8.11. The summed E-state index contributed by atoms with van der Waals surface area (Å²) in [6.45, 7) is 0. The minimum Gasteiger partial charge on any atom is -0.437 e. The van der Waals surface area contributed by atoms with Gasteiger partial charge in [-0.25, -0.2) is 0 Å². The number of ether oxygens (including phenoxy) is 1. The van der Waals surface area contributed by atoms with Gasteiger partial charge in [-0.05, 0) is 23.3 Å². The van der Waals surface area contributed by atoms with Crippen LogP contribution in [0.15, 0.2) is 113 Å². The van der Waals surface area contributed by atoms with Gasteiger partial charge in [0.2, 0.25) is 11.6 Å². The highest BCUT2D eigenvalue weighted by Crippen LogP contribution is 2.50. The molecule has 0 amide bonds. The number of nitro groups is 1. The summed E-state index contributed by atoms with van der Waals surface area (Å²) in [5, 5.41) is 37.7. The summed E-state index contributed by atoms with van der Waals surface area (Å²) in [7, 11) is 0. The molecule has 0 aromatic heterocycles. The van der Waals surface area contributed by atoms with Gasteiger partial charge in [0.25, 0.3) is 5.69 Å². The molecular weight excluding hydrogens is 456 g/mol. The first-order valence-corrected chi connectivity index (χ1v) is 11.0. The van der Waals surface area contributed by atoms with Crippen LogP contribution in [-0.2, 0) is 4.74 Å². The van der Waals surface area contributed by atoms with Gasteiger partial charge in [0.05, 0.1) is 16.5 Å². The molecule has 2 heterocycles. The van der Waals surface area contributed by atoms with Crippen LogP contribution in [0.2, 0.25) is 0 Å². The molecule has 174 valence electrons. The van der Waals surface area contributed by atoms with E-state index >= 15 is 0 Å². The Kier molecular flexibility index (Phi) is 5.65. The number of nitrogens with two attached hydrogens (primary N) is 1. The Morgan fingerprint density at radius 3 is 2.14 bits per heavy atom. The maximum atomic E-state index is 11.2. The van der Waals surface area contributed by atoms with Crippen LogP contribution in [0.1, 0.15) is 23.1 Å². The lowest BCUT2D eigenvalue weighted by molar-refractivity contribution is -0.384. The van der Waals surface area contributed by atoms with Crippen LogP contribution in [0.5, 0.6) is 0 Å². The van der Waals surface area contributed by atoms with Crippen molar-refractivity contribution in [2.24, 2.45) is 10.8 Å². The fourth-order valence-electron chi connectivity index (χ4n) is 4.53. The van der Waals surface area contributed by atoms with E-state index in [4.69, 9.17) is 10.5 Å². The van der Waals surface area contributed by atoms with Crippen molar-refractivity contribution in [3.05, 3.63) is 129 Å². The quantitative estimate of drug-likeness (QED) is 0.423. The average molecular weight is 474 g/mol. The number of non-ortho nitro benzene ring substituents is 1. The molecule has 0 spiro atoms. The molecule has 5 rings (SSSR count). The van der Waals surface area contributed by atoms with Crippen LogP contribution in [0.4, 0.5) is 11.4 Å². The first-order chi connectivity index (χ1) is 17.5. The second kappa shape index (κ2) is 9.09. The molecule has 9 nitrogen and oxygen atoms in total.